The molecule has 3 nitrogen and oxygen atoms in total. The molecule has 1 saturated heterocycles. The van der Waals surface area contributed by atoms with Crippen LogP contribution in [0.5, 0.6) is 0 Å². The molecule has 3 heteroatoms. The van der Waals surface area contributed by atoms with Crippen LogP contribution in [0.1, 0.15) is 47.5 Å². The number of nitrogens with two attached hydrogens (primary N) is 1. The Morgan fingerprint density at radius 2 is 1.74 bits per heavy atom. The first-order chi connectivity index (χ1) is 8.80. The minimum Gasteiger partial charge on any atom is -0.329 e. The zero-order valence-corrected chi connectivity index (χ0v) is 13.9. The van der Waals surface area contributed by atoms with Crippen molar-refractivity contribution >= 4 is 0 Å². The van der Waals surface area contributed by atoms with Gasteiger partial charge in [-0.2, -0.15) is 0 Å². The van der Waals surface area contributed by atoms with Crippen molar-refractivity contribution in [3.8, 4) is 0 Å². The molecule has 0 aromatic rings. The first kappa shape index (κ1) is 16.9. The van der Waals surface area contributed by atoms with Gasteiger partial charge in [0.2, 0.25) is 0 Å². The second-order valence-corrected chi connectivity index (χ2v) is 7.40. The summed E-state index contributed by atoms with van der Waals surface area (Å²) in [5, 5.41) is 0. The molecule has 1 aliphatic rings. The predicted molar refractivity (Wildman–Crippen MR) is 84.4 cm³/mol. The van der Waals surface area contributed by atoms with Crippen LogP contribution in [0.25, 0.3) is 0 Å². The summed E-state index contributed by atoms with van der Waals surface area (Å²) in [5.74, 6) is 1.41. The molecule has 0 spiro atoms. The van der Waals surface area contributed by atoms with Crippen LogP contribution in [-0.4, -0.2) is 54.6 Å². The number of rotatable bonds is 6. The number of piperidine rings is 1. The molecule has 2 N–H and O–H groups in total. The van der Waals surface area contributed by atoms with Crippen molar-refractivity contribution in [2.45, 2.75) is 59.0 Å². The molecule has 19 heavy (non-hydrogen) atoms. The number of nitrogens with zero attached hydrogens (tertiary/aromatic N) is 2. The summed E-state index contributed by atoms with van der Waals surface area (Å²) in [6, 6.07) is 0.638. The third kappa shape index (κ3) is 4.44. The first-order valence-electron chi connectivity index (χ1n) is 7.96. The van der Waals surface area contributed by atoms with Gasteiger partial charge in [-0.1, -0.05) is 27.7 Å². The van der Waals surface area contributed by atoms with Crippen molar-refractivity contribution in [2.24, 2.45) is 17.6 Å². The van der Waals surface area contributed by atoms with E-state index < -0.39 is 0 Å². The number of hydrogen-bond acceptors (Lipinski definition) is 3. The molecule has 0 aromatic carbocycles. The van der Waals surface area contributed by atoms with Crippen molar-refractivity contribution in [3.63, 3.8) is 0 Å². The van der Waals surface area contributed by atoms with Crippen molar-refractivity contribution in [2.75, 3.05) is 33.2 Å². The molecule has 0 radical (unpaired) electrons. The molecule has 2 unspecified atom stereocenters. The lowest BCUT2D eigenvalue weighted by atomic mass is 9.81. The van der Waals surface area contributed by atoms with E-state index in [0.29, 0.717) is 17.9 Å². The summed E-state index contributed by atoms with van der Waals surface area (Å²) in [6.07, 6.45) is 2.42. The lowest BCUT2D eigenvalue weighted by molar-refractivity contribution is -0.00296. The van der Waals surface area contributed by atoms with E-state index in [1.54, 1.807) is 0 Å². The Kier molecular flexibility index (Phi) is 6.28. The van der Waals surface area contributed by atoms with Gasteiger partial charge in [-0.25, -0.2) is 0 Å². The molecule has 1 rings (SSSR count). The van der Waals surface area contributed by atoms with Crippen molar-refractivity contribution in [1.29, 1.82) is 0 Å². The summed E-state index contributed by atoms with van der Waals surface area (Å²) in [5.41, 5.74) is 6.46. The Morgan fingerprint density at radius 1 is 1.21 bits per heavy atom. The van der Waals surface area contributed by atoms with E-state index in [9.17, 15) is 0 Å². The predicted octanol–water partition coefficient (Wildman–Crippen LogP) is 2.41. The zero-order chi connectivity index (χ0) is 14.6. The highest BCUT2D eigenvalue weighted by atomic mass is 15.2. The van der Waals surface area contributed by atoms with Gasteiger partial charge in [-0.05, 0) is 45.2 Å². The van der Waals surface area contributed by atoms with Gasteiger partial charge in [-0.3, -0.25) is 4.90 Å². The van der Waals surface area contributed by atoms with Gasteiger partial charge in [0.1, 0.15) is 0 Å². The summed E-state index contributed by atoms with van der Waals surface area (Å²) >= 11 is 0. The molecule has 0 bridgehead atoms. The number of likely N-dealkylation sites (tertiary alicyclic amines) is 1. The topological polar surface area (TPSA) is 32.5 Å². The maximum Gasteiger partial charge on any atom is 0.0358 e. The van der Waals surface area contributed by atoms with Crippen LogP contribution in [-0.2, 0) is 0 Å². The van der Waals surface area contributed by atoms with E-state index in [1.807, 2.05) is 0 Å². The molecule has 2 atom stereocenters. The van der Waals surface area contributed by atoms with Crippen molar-refractivity contribution < 1.29 is 0 Å². The smallest absolute Gasteiger partial charge is 0.0358 e. The zero-order valence-electron chi connectivity index (χ0n) is 13.9. The Hall–Kier alpha value is -0.120. The molecule has 1 aliphatic heterocycles. The third-order valence-corrected chi connectivity index (χ3v) is 4.58. The minimum absolute atomic E-state index is 0.223. The Labute approximate surface area is 120 Å². The Morgan fingerprint density at radius 3 is 2.11 bits per heavy atom. The van der Waals surface area contributed by atoms with Crippen LogP contribution in [0.4, 0.5) is 0 Å². The van der Waals surface area contributed by atoms with Crippen molar-refractivity contribution in [3.05, 3.63) is 0 Å². The highest BCUT2D eigenvalue weighted by molar-refractivity contribution is 4.99. The summed E-state index contributed by atoms with van der Waals surface area (Å²) in [6.45, 7) is 15.9. The summed E-state index contributed by atoms with van der Waals surface area (Å²) < 4.78 is 0. The van der Waals surface area contributed by atoms with Gasteiger partial charge in [-0.15, -0.1) is 0 Å². The lowest BCUT2D eigenvalue weighted by Gasteiger charge is -2.51. The van der Waals surface area contributed by atoms with Crippen LogP contribution in [0.3, 0.4) is 0 Å². The molecule has 0 aromatic heterocycles. The van der Waals surface area contributed by atoms with E-state index in [1.165, 1.54) is 32.5 Å². The third-order valence-electron chi connectivity index (χ3n) is 4.58. The van der Waals surface area contributed by atoms with E-state index in [2.05, 4.69) is 51.5 Å². The second-order valence-electron chi connectivity index (χ2n) is 7.40. The van der Waals surface area contributed by atoms with Gasteiger partial charge in [0, 0.05) is 31.2 Å². The molecule has 0 aliphatic carbocycles. The largest absolute Gasteiger partial charge is 0.329 e. The van der Waals surface area contributed by atoms with Crippen LogP contribution in [0.2, 0.25) is 0 Å². The fraction of sp³-hybridized carbons (Fsp3) is 1.00. The molecule has 1 heterocycles. The lowest BCUT2D eigenvalue weighted by Crippen LogP contribution is -2.62. The summed E-state index contributed by atoms with van der Waals surface area (Å²) in [7, 11) is 2.24. The van der Waals surface area contributed by atoms with E-state index in [0.717, 1.165) is 6.54 Å². The molecular weight excluding hydrogens is 234 g/mol. The SMILES string of the molecule is CC(C)CN(CC(C)C)C1(CN)CCN(C)C(C)C1. The normalized spacial score (nSPS) is 29.7. The standard InChI is InChI=1S/C16H35N3/c1-13(2)10-19(11-14(3)4)16(12-17)7-8-18(6)15(5)9-16/h13-15H,7-12,17H2,1-6H3. The fourth-order valence-electron chi connectivity index (χ4n) is 3.36. The second kappa shape index (κ2) is 7.05. The van der Waals surface area contributed by atoms with Crippen LogP contribution >= 0.6 is 0 Å². The average Bonchev–Trinajstić information content (AvgIpc) is 2.31. The van der Waals surface area contributed by atoms with Gasteiger partial charge < -0.3 is 10.6 Å². The van der Waals surface area contributed by atoms with Crippen LogP contribution in [0, 0.1) is 11.8 Å². The molecule has 1 fully saturated rings. The van der Waals surface area contributed by atoms with Gasteiger partial charge in [0.15, 0.2) is 0 Å². The van der Waals surface area contributed by atoms with Gasteiger partial charge in [0.05, 0.1) is 0 Å². The molecular formula is C16H35N3. The molecule has 0 amide bonds. The molecule has 114 valence electrons. The maximum atomic E-state index is 6.24. The Bertz CT molecular complexity index is 255. The summed E-state index contributed by atoms with van der Waals surface area (Å²) in [4.78, 5) is 5.17. The number of hydrogen-bond donors (Lipinski definition) is 1. The monoisotopic (exact) mass is 269 g/mol. The average molecular weight is 269 g/mol. The first-order valence-corrected chi connectivity index (χ1v) is 7.96. The van der Waals surface area contributed by atoms with Gasteiger partial charge in [0.25, 0.3) is 0 Å². The fourth-order valence-corrected chi connectivity index (χ4v) is 3.36. The Balaban J connectivity index is 2.87. The van der Waals surface area contributed by atoms with Crippen LogP contribution < -0.4 is 5.73 Å². The highest BCUT2D eigenvalue weighted by Gasteiger charge is 2.40. The van der Waals surface area contributed by atoms with E-state index in [4.69, 9.17) is 5.73 Å². The maximum absolute atomic E-state index is 6.24. The quantitative estimate of drug-likeness (QED) is 0.804. The molecule has 0 saturated carbocycles. The van der Waals surface area contributed by atoms with Crippen molar-refractivity contribution in [1.82, 2.24) is 9.80 Å². The van der Waals surface area contributed by atoms with E-state index >= 15 is 0 Å². The van der Waals surface area contributed by atoms with Gasteiger partial charge >= 0.3 is 0 Å². The highest BCUT2D eigenvalue weighted by Crippen LogP contribution is 2.32. The van der Waals surface area contributed by atoms with E-state index in [-0.39, 0.29) is 5.54 Å². The minimum atomic E-state index is 0.223. The van der Waals surface area contributed by atoms with Crippen LogP contribution in [0.15, 0.2) is 0 Å².